The fourth-order valence-electron chi connectivity index (χ4n) is 1.47. The maximum atomic E-state index is 11.8. The summed E-state index contributed by atoms with van der Waals surface area (Å²) in [5.41, 5.74) is 0.671. The molecule has 0 atom stereocenters. The van der Waals surface area contributed by atoms with Crippen molar-refractivity contribution in [3.8, 4) is 0 Å². The molecule has 0 saturated carbocycles. The van der Waals surface area contributed by atoms with Gasteiger partial charge in [-0.2, -0.15) is 0 Å². The summed E-state index contributed by atoms with van der Waals surface area (Å²) >= 11 is 0. The fraction of sp³-hybridized carbons (Fsp3) is 0.429. The molecule has 0 bridgehead atoms. The van der Waals surface area contributed by atoms with E-state index in [1.807, 2.05) is 13.8 Å². The van der Waals surface area contributed by atoms with Crippen LogP contribution in [-0.2, 0) is 11.2 Å². The number of carboxylic acid groups (broad SMARTS) is 1. The van der Waals surface area contributed by atoms with Crippen molar-refractivity contribution in [2.75, 3.05) is 13.6 Å². The van der Waals surface area contributed by atoms with Crippen LogP contribution in [0.25, 0.3) is 0 Å². The van der Waals surface area contributed by atoms with Crippen molar-refractivity contribution >= 4 is 11.9 Å². The monoisotopic (exact) mass is 264 g/mol. The number of likely N-dealkylation sites (N-methyl/N-ethyl adjacent to an activating group) is 1. The molecular formula is C14H20N2O3. The number of benzene rings is 1. The lowest BCUT2D eigenvalue weighted by atomic mass is 10.0. The van der Waals surface area contributed by atoms with Gasteiger partial charge in [-0.25, -0.2) is 4.79 Å². The molecule has 0 aromatic heterocycles. The van der Waals surface area contributed by atoms with Gasteiger partial charge in [0.25, 0.3) is 0 Å². The van der Waals surface area contributed by atoms with E-state index in [0.29, 0.717) is 13.0 Å². The summed E-state index contributed by atoms with van der Waals surface area (Å²) in [6, 6.07) is 6.66. The van der Waals surface area contributed by atoms with Gasteiger partial charge in [-0.15, -0.1) is 0 Å². The average Bonchev–Trinajstić information content (AvgIpc) is 2.39. The predicted molar refractivity (Wildman–Crippen MR) is 73.3 cm³/mol. The molecule has 5 heteroatoms. The highest BCUT2D eigenvalue weighted by atomic mass is 16.4. The van der Waals surface area contributed by atoms with Crippen molar-refractivity contribution in [1.29, 1.82) is 0 Å². The van der Waals surface area contributed by atoms with Crippen LogP contribution in [0.5, 0.6) is 0 Å². The minimum absolute atomic E-state index is 0.0582. The smallest absolute Gasteiger partial charge is 0.335 e. The van der Waals surface area contributed by atoms with Gasteiger partial charge in [-0.3, -0.25) is 4.79 Å². The summed E-state index contributed by atoms with van der Waals surface area (Å²) < 4.78 is 0. The Kier molecular flexibility index (Phi) is 5.06. The van der Waals surface area contributed by atoms with Gasteiger partial charge in [0.2, 0.25) is 5.91 Å². The second-order valence-corrected chi connectivity index (χ2v) is 4.88. The van der Waals surface area contributed by atoms with Crippen LogP contribution < -0.4 is 10.6 Å². The summed E-state index contributed by atoms with van der Waals surface area (Å²) in [6.45, 7) is 4.14. The minimum Gasteiger partial charge on any atom is -0.478 e. The zero-order chi connectivity index (χ0) is 14.5. The van der Waals surface area contributed by atoms with Gasteiger partial charge in [-0.05, 0) is 45.0 Å². The van der Waals surface area contributed by atoms with Crippen LogP contribution in [0.1, 0.15) is 29.8 Å². The summed E-state index contributed by atoms with van der Waals surface area (Å²) in [5.74, 6) is -0.993. The highest BCUT2D eigenvalue weighted by molar-refractivity contribution is 5.87. The van der Waals surface area contributed by atoms with E-state index >= 15 is 0 Å². The Morgan fingerprint density at radius 3 is 2.26 bits per heavy atom. The maximum absolute atomic E-state index is 11.8. The molecule has 0 aliphatic heterocycles. The predicted octanol–water partition coefficient (Wildman–Crippen LogP) is 1.04. The van der Waals surface area contributed by atoms with E-state index in [-0.39, 0.29) is 11.5 Å². The van der Waals surface area contributed by atoms with Crippen molar-refractivity contribution < 1.29 is 14.7 Å². The van der Waals surface area contributed by atoms with Gasteiger partial charge in [0.05, 0.1) is 11.1 Å². The number of aromatic carboxylic acids is 1. The van der Waals surface area contributed by atoms with Gasteiger partial charge in [0.1, 0.15) is 0 Å². The Labute approximate surface area is 113 Å². The van der Waals surface area contributed by atoms with Gasteiger partial charge >= 0.3 is 5.97 Å². The third-order valence-corrected chi connectivity index (χ3v) is 3.09. The minimum atomic E-state index is -0.935. The van der Waals surface area contributed by atoms with E-state index in [1.54, 1.807) is 31.3 Å². The van der Waals surface area contributed by atoms with Gasteiger partial charge in [0.15, 0.2) is 0 Å². The molecule has 1 amide bonds. The van der Waals surface area contributed by atoms with E-state index in [4.69, 9.17) is 5.11 Å². The van der Waals surface area contributed by atoms with Gasteiger partial charge < -0.3 is 15.7 Å². The molecule has 5 nitrogen and oxygen atoms in total. The maximum Gasteiger partial charge on any atom is 0.335 e. The second kappa shape index (κ2) is 6.33. The van der Waals surface area contributed by atoms with Crippen molar-refractivity contribution in [3.63, 3.8) is 0 Å². The summed E-state index contributed by atoms with van der Waals surface area (Å²) in [7, 11) is 1.74. The molecule has 0 spiro atoms. The van der Waals surface area contributed by atoms with Crippen LogP contribution in [0.3, 0.4) is 0 Å². The van der Waals surface area contributed by atoms with Crippen molar-refractivity contribution in [3.05, 3.63) is 35.4 Å². The van der Waals surface area contributed by atoms with Crippen LogP contribution in [0.2, 0.25) is 0 Å². The van der Waals surface area contributed by atoms with Gasteiger partial charge in [0, 0.05) is 6.54 Å². The molecule has 19 heavy (non-hydrogen) atoms. The number of hydrogen-bond acceptors (Lipinski definition) is 3. The van der Waals surface area contributed by atoms with E-state index in [9.17, 15) is 9.59 Å². The standard InChI is InChI=1S/C14H20N2O3/c1-14(2,15-3)13(19)16-9-8-10-4-6-11(7-5-10)12(17)18/h4-7,15H,8-9H2,1-3H3,(H,16,19)(H,17,18). The number of carbonyl (C=O) groups excluding carboxylic acids is 1. The Morgan fingerprint density at radius 2 is 1.79 bits per heavy atom. The lowest BCUT2D eigenvalue weighted by molar-refractivity contribution is -0.126. The molecule has 1 aromatic rings. The van der Waals surface area contributed by atoms with Crippen LogP contribution >= 0.6 is 0 Å². The number of nitrogens with one attached hydrogen (secondary N) is 2. The zero-order valence-electron chi connectivity index (χ0n) is 11.5. The average molecular weight is 264 g/mol. The molecule has 1 aromatic carbocycles. The van der Waals surface area contributed by atoms with Crippen molar-refractivity contribution in [2.45, 2.75) is 25.8 Å². The third-order valence-electron chi connectivity index (χ3n) is 3.09. The first-order chi connectivity index (χ1) is 8.86. The largest absolute Gasteiger partial charge is 0.478 e. The Morgan fingerprint density at radius 1 is 1.21 bits per heavy atom. The van der Waals surface area contributed by atoms with Crippen molar-refractivity contribution in [1.82, 2.24) is 10.6 Å². The number of carbonyl (C=O) groups is 2. The SMILES string of the molecule is CNC(C)(C)C(=O)NCCc1ccc(C(=O)O)cc1. The number of rotatable bonds is 6. The molecule has 0 aliphatic rings. The molecule has 104 valence electrons. The summed E-state index contributed by atoms with van der Waals surface area (Å²) in [4.78, 5) is 22.5. The molecule has 0 radical (unpaired) electrons. The first-order valence-electron chi connectivity index (χ1n) is 6.16. The molecule has 0 heterocycles. The Bertz CT molecular complexity index is 452. The lowest BCUT2D eigenvalue weighted by Crippen LogP contribution is -2.51. The molecular weight excluding hydrogens is 244 g/mol. The second-order valence-electron chi connectivity index (χ2n) is 4.88. The molecule has 1 rings (SSSR count). The van der Waals surface area contributed by atoms with Crippen LogP contribution in [0.4, 0.5) is 0 Å². The highest BCUT2D eigenvalue weighted by Crippen LogP contribution is 2.05. The normalized spacial score (nSPS) is 11.1. The van der Waals surface area contributed by atoms with Crippen LogP contribution in [0.15, 0.2) is 24.3 Å². The van der Waals surface area contributed by atoms with Crippen LogP contribution in [0, 0.1) is 0 Å². The molecule has 3 N–H and O–H groups in total. The summed E-state index contributed by atoms with van der Waals surface area (Å²) in [6.07, 6.45) is 0.672. The number of carboxylic acids is 1. The molecule has 0 saturated heterocycles. The third kappa shape index (κ3) is 4.37. The van der Waals surface area contributed by atoms with E-state index in [0.717, 1.165) is 5.56 Å². The first-order valence-corrected chi connectivity index (χ1v) is 6.16. The molecule has 0 aliphatic carbocycles. The Hall–Kier alpha value is -1.88. The van der Waals surface area contributed by atoms with Gasteiger partial charge in [-0.1, -0.05) is 12.1 Å². The number of hydrogen-bond donors (Lipinski definition) is 3. The molecule has 0 unspecified atom stereocenters. The van der Waals surface area contributed by atoms with E-state index in [2.05, 4.69) is 10.6 Å². The first kappa shape index (κ1) is 15.2. The molecule has 0 fully saturated rings. The Balaban J connectivity index is 2.45. The zero-order valence-corrected chi connectivity index (χ0v) is 11.5. The van der Waals surface area contributed by atoms with E-state index in [1.165, 1.54) is 0 Å². The fourth-order valence-corrected chi connectivity index (χ4v) is 1.47. The highest BCUT2D eigenvalue weighted by Gasteiger charge is 2.24. The summed E-state index contributed by atoms with van der Waals surface area (Å²) in [5, 5.41) is 14.6. The van der Waals surface area contributed by atoms with Crippen LogP contribution in [-0.4, -0.2) is 36.1 Å². The van der Waals surface area contributed by atoms with E-state index < -0.39 is 11.5 Å². The quantitative estimate of drug-likeness (QED) is 0.717. The lowest BCUT2D eigenvalue weighted by Gasteiger charge is -2.22. The number of amides is 1. The topological polar surface area (TPSA) is 78.4 Å². The van der Waals surface area contributed by atoms with Crippen molar-refractivity contribution in [2.24, 2.45) is 0 Å².